The van der Waals surface area contributed by atoms with Crippen molar-refractivity contribution in [2.75, 3.05) is 29.7 Å². The van der Waals surface area contributed by atoms with Gasteiger partial charge in [-0.25, -0.2) is 13.4 Å². The number of rotatable bonds is 12. The van der Waals surface area contributed by atoms with E-state index >= 15 is 0 Å². The Hall–Kier alpha value is -3.73. The monoisotopic (exact) mass is 529 g/mol. The number of nitrogens with one attached hydrogen (secondary N) is 2. The summed E-state index contributed by atoms with van der Waals surface area (Å²) in [5, 5.41) is 10.1. The molecule has 0 atom stereocenters. The molecule has 0 saturated heterocycles. The third-order valence-electron chi connectivity index (χ3n) is 5.35. The molecule has 0 unspecified atom stereocenters. The lowest BCUT2D eigenvalue weighted by molar-refractivity contribution is 0.174. The van der Waals surface area contributed by atoms with Crippen LogP contribution in [0.25, 0.3) is 10.4 Å². The van der Waals surface area contributed by atoms with Crippen molar-refractivity contribution in [2.24, 2.45) is 5.11 Å². The maximum Gasteiger partial charge on any atom is 0.231 e. The molecule has 0 saturated carbocycles. The summed E-state index contributed by atoms with van der Waals surface area (Å²) < 4.78 is 36.1. The molecule has 36 heavy (non-hydrogen) atoms. The van der Waals surface area contributed by atoms with E-state index in [2.05, 4.69) is 30.6 Å². The summed E-state index contributed by atoms with van der Waals surface area (Å²) in [6, 6.07) is 11.6. The lowest BCUT2D eigenvalue weighted by atomic mass is 10.2. The van der Waals surface area contributed by atoms with Crippen LogP contribution in [0.3, 0.4) is 0 Å². The lowest BCUT2D eigenvalue weighted by Gasteiger charge is -2.12. The van der Waals surface area contributed by atoms with E-state index in [1.807, 2.05) is 0 Å². The third kappa shape index (κ3) is 6.48. The van der Waals surface area contributed by atoms with E-state index in [4.69, 9.17) is 26.6 Å². The molecule has 3 aromatic rings. The summed E-state index contributed by atoms with van der Waals surface area (Å²) >= 11 is 6.32. The molecule has 13 heteroatoms. The average molecular weight is 530 g/mol. The second-order valence-electron chi connectivity index (χ2n) is 7.88. The highest BCUT2D eigenvalue weighted by atomic mass is 35.5. The molecule has 0 bridgehead atoms. The molecule has 4 rings (SSSR count). The van der Waals surface area contributed by atoms with Gasteiger partial charge in [0.2, 0.25) is 12.7 Å². The zero-order chi connectivity index (χ0) is 25.4. The fraction of sp³-hybridized carbons (Fsp3) is 0.304. The summed E-state index contributed by atoms with van der Waals surface area (Å²) in [5.41, 5.74) is 9.44. The molecule has 188 valence electrons. The average Bonchev–Trinajstić information content (AvgIpc) is 3.35. The van der Waals surface area contributed by atoms with Gasteiger partial charge in [-0.2, -0.15) is 4.98 Å². The van der Waals surface area contributed by atoms with Crippen LogP contribution < -0.4 is 20.1 Å². The van der Waals surface area contributed by atoms with E-state index in [0.29, 0.717) is 52.6 Å². The van der Waals surface area contributed by atoms with Crippen molar-refractivity contribution in [1.29, 1.82) is 0 Å². The van der Waals surface area contributed by atoms with Gasteiger partial charge in [0.25, 0.3) is 0 Å². The summed E-state index contributed by atoms with van der Waals surface area (Å²) in [6.45, 7) is 0.553. The fourth-order valence-electron chi connectivity index (χ4n) is 3.55. The van der Waals surface area contributed by atoms with Crippen molar-refractivity contribution in [3.05, 3.63) is 64.1 Å². The second-order valence-corrected chi connectivity index (χ2v) is 10.4. The van der Waals surface area contributed by atoms with E-state index in [0.717, 1.165) is 19.3 Å². The molecule has 1 aliphatic heterocycles. The van der Waals surface area contributed by atoms with Crippen LogP contribution in [0.2, 0.25) is 5.02 Å². The number of halogens is 1. The molecular weight excluding hydrogens is 506 g/mol. The molecule has 0 aliphatic carbocycles. The largest absolute Gasteiger partial charge is 0.454 e. The molecule has 2 aromatic carbocycles. The van der Waals surface area contributed by atoms with Gasteiger partial charge in [0, 0.05) is 23.3 Å². The molecular formula is C23H24ClN7O4S. The molecule has 2 N–H and O–H groups in total. The number of sulfone groups is 1. The van der Waals surface area contributed by atoms with Crippen LogP contribution in [0.15, 0.2) is 58.7 Å². The quantitative estimate of drug-likeness (QED) is 0.125. The van der Waals surface area contributed by atoms with Gasteiger partial charge in [0.1, 0.15) is 11.5 Å². The van der Waals surface area contributed by atoms with Gasteiger partial charge in [-0.05, 0) is 60.8 Å². The van der Waals surface area contributed by atoms with Gasteiger partial charge in [-0.3, -0.25) is 0 Å². The van der Waals surface area contributed by atoms with Crippen LogP contribution in [0.5, 0.6) is 11.5 Å². The molecule has 0 radical (unpaired) electrons. The number of hydrogen-bond donors (Lipinski definition) is 2. The number of hydrogen-bond acceptors (Lipinski definition) is 9. The first-order valence-corrected chi connectivity index (χ1v) is 13.3. The van der Waals surface area contributed by atoms with Gasteiger partial charge in [-0.1, -0.05) is 29.6 Å². The molecule has 0 spiro atoms. The Morgan fingerprint density at radius 2 is 1.83 bits per heavy atom. The Balaban J connectivity index is 1.35. The predicted molar refractivity (Wildman–Crippen MR) is 137 cm³/mol. The number of nitrogens with zero attached hydrogens (tertiary/aromatic N) is 5. The lowest BCUT2D eigenvalue weighted by Crippen LogP contribution is -2.07. The van der Waals surface area contributed by atoms with Crippen LogP contribution in [0, 0.1) is 0 Å². The van der Waals surface area contributed by atoms with Crippen LogP contribution in [0.1, 0.15) is 25.7 Å². The molecule has 1 aromatic heterocycles. The Bertz CT molecular complexity index is 1360. The van der Waals surface area contributed by atoms with Gasteiger partial charge in [0.05, 0.1) is 15.7 Å². The Morgan fingerprint density at radius 3 is 2.64 bits per heavy atom. The summed E-state index contributed by atoms with van der Waals surface area (Å²) in [6.07, 6.45) is 4.48. The van der Waals surface area contributed by atoms with Crippen molar-refractivity contribution in [3.63, 3.8) is 0 Å². The predicted octanol–water partition coefficient (Wildman–Crippen LogP) is 5.99. The van der Waals surface area contributed by atoms with Crippen LogP contribution >= 0.6 is 11.6 Å². The standard InChI is InChI=1S/C23H24ClN7O4S/c24-18-9-10-19-22(35-15-34-19)21(18)29-20-11-13-26-23(30-20)28-16-5-7-17(8-6-16)36(32,33)14-4-2-1-3-12-27-31-25/h5-11,13H,1-4,12,14-15H2,(H2,26,28,29,30). The van der Waals surface area contributed by atoms with E-state index in [1.165, 1.54) is 0 Å². The van der Waals surface area contributed by atoms with Crippen LogP contribution in [-0.2, 0) is 9.84 Å². The summed E-state index contributed by atoms with van der Waals surface area (Å²) in [4.78, 5) is 11.6. The number of fused-ring (bicyclic) bond motifs is 1. The third-order valence-corrected chi connectivity index (χ3v) is 7.48. The van der Waals surface area contributed by atoms with Gasteiger partial charge in [0.15, 0.2) is 21.3 Å². The first-order valence-electron chi connectivity index (χ1n) is 11.3. The fourth-order valence-corrected chi connectivity index (χ4v) is 5.11. The number of anilines is 4. The number of aromatic nitrogens is 2. The van der Waals surface area contributed by atoms with E-state index in [9.17, 15) is 8.42 Å². The maximum atomic E-state index is 12.6. The molecule has 1 aliphatic rings. The summed E-state index contributed by atoms with van der Waals surface area (Å²) in [5.74, 6) is 1.97. The van der Waals surface area contributed by atoms with E-state index in [-0.39, 0.29) is 17.4 Å². The normalized spacial score (nSPS) is 12.1. The van der Waals surface area contributed by atoms with Crippen molar-refractivity contribution >= 4 is 44.6 Å². The SMILES string of the molecule is [N-]=[N+]=NCCCCCCS(=O)(=O)c1ccc(Nc2nccc(Nc3c(Cl)ccc4c3OCO4)n2)cc1. The smallest absolute Gasteiger partial charge is 0.231 e. The number of azide groups is 1. The molecule has 2 heterocycles. The number of benzene rings is 2. The number of ether oxygens (including phenoxy) is 2. The van der Waals surface area contributed by atoms with Gasteiger partial charge in [-0.15, -0.1) is 0 Å². The molecule has 11 nitrogen and oxygen atoms in total. The molecule has 0 amide bonds. The Kier molecular flexibility index (Phi) is 8.32. The van der Waals surface area contributed by atoms with E-state index in [1.54, 1.807) is 48.7 Å². The van der Waals surface area contributed by atoms with Crippen LogP contribution in [-0.4, -0.2) is 37.5 Å². The highest BCUT2D eigenvalue weighted by Gasteiger charge is 2.21. The first-order chi connectivity index (χ1) is 17.5. The topological polar surface area (TPSA) is 151 Å². The minimum atomic E-state index is -3.38. The van der Waals surface area contributed by atoms with Crippen molar-refractivity contribution in [1.82, 2.24) is 9.97 Å². The van der Waals surface area contributed by atoms with Crippen molar-refractivity contribution in [2.45, 2.75) is 30.6 Å². The zero-order valence-corrected chi connectivity index (χ0v) is 20.8. The van der Waals surface area contributed by atoms with Crippen LogP contribution in [0.4, 0.5) is 23.1 Å². The van der Waals surface area contributed by atoms with Gasteiger partial charge >= 0.3 is 0 Å². The van der Waals surface area contributed by atoms with Crippen molar-refractivity contribution in [3.8, 4) is 11.5 Å². The zero-order valence-electron chi connectivity index (χ0n) is 19.2. The summed E-state index contributed by atoms with van der Waals surface area (Å²) in [7, 11) is -3.38. The minimum absolute atomic E-state index is 0.0681. The van der Waals surface area contributed by atoms with Gasteiger partial charge < -0.3 is 20.1 Å². The number of unbranched alkanes of at least 4 members (excludes halogenated alkanes) is 3. The van der Waals surface area contributed by atoms with Crippen molar-refractivity contribution < 1.29 is 17.9 Å². The minimum Gasteiger partial charge on any atom is -0.454 e. The molecule has 0 fully saturated rings. The first kappa shape index (κ1) is 25.4. The Morgan fingerprint density at radius 1 is 1.03 bits per heavy atom. The second kappa shape index (κ2) is 11.8. The maximum absolute atomic E-state index is 12.6. The Labute approximate surface area is 213 Å². The highest BCUT2D eigenvalue weighted by molar-refractivity contribution is 7.91. The van der Waals surface area contributed by atoms with E-state index < -0.39 is 9.84 Å². The highest BCUT2D eigenvalue weighted by Crippen LogP contribution is 2.44.